The quantitative estimate of drug-likeness (QED) is 0.686. The molecular formula is C15H33N3. The number of nitrogens with two attached hydrogens (primary N) is 1. The number of nitrogens with zero attached hydrogens (tertiary/aromatic N) is 2. The SMILES string of the molecule is CCCN(CCN(CC)CC)C1(CN)CCCC1. The highest BCUT2D eigenvalue weighted by atomic mass is 15.2. The van der Waals surface area contributed by atoms with Gasteiger partial charge in [-0.05, 0) is 38.9 Å². The maximum atomic E-state index is 6.12. The van der Waals surface area contributed by atoms with Gasteiger partial charge in [-0.2, -0.15) is 0 Å². The fraction of sp³-hybridized carbons (Fsp3) is 1.00. The number of rotatable bonds is 9. The molecule has 0 radical (unpaired) electrons. The summed E-state index contributed by atoms with van der Waals surface area (Å²) in [7, 11) is 0. The topological polar surface area (TPSA) is 32.5 Å². The molecule has 0 amide bonds. The summed E-state index contributed by atoms with van der Waals surface area (Å²) in [4.78, 5) is 5.21. The van der Waals surface area contributed by atoms with Gasteiger partial charge in [-0.1, -0.05) is 33.6 Å². The molecular weight excluding hydrogens is 222 g/mol. The van der Waals surface area contributed by atoms with E-state index >= 15 is 0 Å². The third-order valence-electron chi connectivity index (χ3n) is 4.66. The molecule has 108 valence electrons. The zero-order valence-corrected chi connectivity index (χ0v) is 12.7. The monoisotopic (exact) mass is 255 g/mol. The van der Waals surface area contributed by atoms with E-state index in [-0.39, 0.29) is 0 Å². The van der Waals surface area contributed by atoms with E-state index in [9.17, 15) is 0 Å². The smallest absolute Gasteiger partial charge is 0.0332 e. The van der Waals surface area contributed by atoms with Crippen molar-refractivity contribution >= 4 is 0 Å². The number of hydrogen-bond acceptors (Lipinski definition) is 3. The minimum atomic E-state index is 0.323. The van der Waals surface area contributed by atoms with Gasteiger partial charge in [0.2, 0.25) is 0 Å². The molecule has 1 rings (SSSR count). The average molecular weight is 255 g/mol. The van der Waals surface area contributed by atoms with Crippen molar-refractivity contribution in [3.05, 3.63) is 0 Å². The van der Waals surface area contributed by atoms with Crippen molar-refractivity contribution in [2.45, 2.75) is 58.4 Å². The zero-order valence-electron chi connectivity index (χ0n) is 12.7. The fourth-order valence-electron chi connectivity index (χ4n) is 3.34. The Morgan fingerprint density at radius 3 is 2.00 bits per heavy atom. The lowest BCUT2D eigenvalue weighted by Gasteiger charge is -2.41. The summed E-state index contributed by atoms with van der Waals surface area (Å²) in [6, 6.07) is 0. The van der Waals surface area contributed by atoms with E-state index in [1.807, 2.05) is 0 Å². The first kappa shape index (κ1) is 15.9. The third kappa shape index (κ3) is 3.94. The van der Waals surface area contributed by atoms with Gasteiger partial charge in [0.15, 0.2) is 0 Å². The average Bonchev–Trinajstić information content (AvgIpc) is 2.88. The maximum absolute atomic E-state index is 6.12. The molecule has 1 aliphatic carbocycles. The van der Waals surface area contributed by atoms with Crippen LogP contribution >= 0.6 is 0 Å². The minimum Gasteiger partial charge on any atom is -0.329 e. The van der Waals surface area contributed by atoms with Crippen LogP contribution in [0.3, 0.4) is 0 Å². The summed E-state index contributed by atoms with van der Waals surface area (Å²) >= 11 is 0. The van der Waals surface area contributed by atoms with Gasteiger partial charge in [0.25, 0.3) is 0 Å². The molecule has 0 bridgehead atoms. The molecule has 0 atom stereocenters. The van der Waals surface area contributed by atoms with Gasteiger partial charge in [0.1, 0.15) is 0 Å². The van der Waals surface area contributed by atoms with Crippen molar-refractivity contribution in [2.75, 3.05) is 39.3 Å². The molecule has 3 nitrogen and oxygen atoms in total. The molecule has 1 aliphatic rings. The Balaban J connectivity index is 2.57. The highest BCUT2D eigenvalue weighted by Gasteiger charge is 2.37. The van der Waals surface area contributed by atoms with Gasteiger partial charge in [0, 0.05) is 25.2 Å². The summed E-state index contributed by atoms with van der Waals surface area (Å²) in [5.74, 6) is 0. The van der Waals surface area contributed by atoms with Gasteiger partial charge >= 0.3 is 0 Å². The van der Waals surface area contributed by atoms with Crippen LogP contribution in [0.25, 0.3) is 0 Å². The van der Waals surface area contributed by atoms with Crippen molar-refractivity contribution < 1.29 is 0 Å². The lowest BCUT2D eigenvalue weighted by atomic mass is 9.94. The maximum Gasteiger partial charge on any atom is 0.0332 e. The Kier molecular flexibility index (Phi) is 7.20. The third-order valence-corrected chi connectivity index (χ3v) is 4.66. The zero-order chi connectivity index (χ0) is 13.4. The molecule has 1 saturated carbocycles. The Morgan fingerprint density at radius 1 is 0.944 bits per heavy atom. The van der Waals surface area contributed by atoms with Crippen LogP contribution in [0.4, 0.5) is 0 Å². The molecule has 0 aromatic heterocycles. The second-order valence-electron chi connectivity index (χ2n) is 5.65. The van der Waals surface area contributed by atoms with E-state index in [1.165, 1.54) is 51.7 Å². The summed E-state index contributed by atoms with van der Waals surface area (Å²) < 4.78 is 0. The van der Waals surface area contributed by atoms with E-state index in [0.717, 1.165) is 19.6 Å². The van der Waals surface area contributed by atoms with Crippen molar-refractivity contribution in [3.63, 3.8) is 0 Å². The summed E-state index contributed by atoms with van der Waals surface area (Å²) in [6.07, 6.45) is 6.58. The molecule has 0 spiro atoms. The van der Waals surface area contributed by atoms with E-state index in [4.69, 9.17) is 5.73 Å². The van der Waals surface area contributed by atoms with Gasteiger partial charge in [-0.25, -0.2) is 0 Å². The van der Waals surface area contributed by atoms with Crippen LogP contribution in [0.5, 0.6) is 0 Å². The molecule has 2 N–H and O–H groups in total. The lowest BCUT2D eigenvalue weighted by Crippen LogP contribution is -2.54. The van der Waals surface area contributed by atoms with Crippen LogP contribution in [0, 0.1) is 0 Å². The predicted molar refractivity (Wildman–Crippen MR) is 79.9 cm³/mol. The first-order valence-corrected chi connectivity index (χ1v) is 7.89. The van der Waals surface area contributed by atoms with Gasteiger partial charge < -0.3 is 10.6 Å². The second kappa shape index (κ2) is 8.13. The van der Waals surface area contributed by atoms with E-state index < -0.39 is 0 Å². The first-order valence-electron chi connectivity index (χ1n) is 7.89. The Bertz CT molecular complexity index is 208. The van der Waals surface area contributed by atoms with Crippen molar-refractivity contribution in [2.24, 2.45) is 5.73 Å². The Labute approximate surface area is 114 Å². The molecule has 1 fully saturated rings. The number of hydrogen-bond donors (Lipinski definition) is 1. The number of likely N-dealkylation sites (N-methyl/N-ethyl adjacent to an activating group) is 1. The predicted octanol–water partition coefficient (Wildman–Crippen LogP) is 2.31. The minimum absolute atomic E-state index is 0.323. The van der Waals surface area contributed by atoms with Gasteiger partial charge in [-0.3, -0.25) is 4.90 Å². The van der Waals surface area contributed by atoms with Crippen LogP contribution in [-0.2, 0) is 0 Å². The summed E-state index contributed by atoms with van der Waals surface area (Å²) in [5, 5.41) is 0. The van der Waals surface area contributed by atoms with Crippen LogP contribution in [0.15, 0.2) is 0 Å². The molecule has 0 heterocycles. The first-order chi connectivity index (χ1) is 8.72. The molecule has 18 heavy (non-hydrogen) atoms. The Hall–Kier alpha value is -0.120. The highest BCUT2D eigenvalue weighted by molar-refractivity contribution is 4.96. The van der Waals surface area contributed by atoms with Crippen molar-refractivity contribution in [1.82, 2.24) is 9.80 Å². The lowest BCUT2D eigenvalue weighted by molar-refractivity contribution is 0.0850. The largest absolute Gasteiger partial charge is 0.329 e. The van der Waals surface area contributed by atoms with Crippen LogP contribution in [0.2, 0.25) is 0 Å². The molecule has 0 unspecified atom stereocenters. The molecule has 3 heteroatoms. The van der Waals surface area contributed by atoms with E-state index in [0.29, 0.717) is 5.54 Å². The molecule has 0 saturated heterocycles. The van der Waals surface area contributed by atoms with Gasteiger partial charge in [-0.15, -0.1) is 0 Å². The molecule has 0 aromatic rings. The van der Waals surface area contributed by atoms with E-state index in [1.54, 1.807) is 0 Å². The molecule has 0 aliphatic heterocycles. The fourth-order valence-corrected chi connectivity index (χ4v) is 3.34. The summed E-state index contributed by atoms with van der Waals surface area (Å²) in [6.45, 7) is 13.5. The molecule has 0 aromatic carbocycles. The van der Waals surface area contributed by atoms with Crippen molar-refractivity contribution in [3.8, 4) is 0 Å². The second-order valence-corrected chi connectivity index (χ2v) is 5.65. The normalized spacial score (nSPS) is 19.0. The highest BCUT2D eigenvalue weighted by Crippen LogP contribution is 2.34. The van der Waals surface area contributed by atoms with Crippen LogP contribution in [-0.4, -0.2) is 54.6 Å². The van der Waals surface area contributed by atoms with Crippen molar-refractivity contribution in [1.29, 1.82) is 0 Å². The van der Waals surface area contributed by atoms with Crippen LogP contribution in [0.1, 0.15) is 52.9 Å². The standard InChI is InChI=1S/C15H33N3/c1-4-11-18(13-12-17(5-2)6-3)15(14-16)9-7-8-10-15/h4-14,16H2,1-3H3. The summed E-state index contributed by atoms with van der Waals surface area (Å²) in [5.41, 5.74) is 6.44. The van der Waals surface area contributed by atoms with Gasteiger partial charge in [0.05, 0.1) is 0 Å². The van der Waals surface area contributed by atoms with Crippen LogP contribution < -0.4 is 5.73 Å². The Morgan fingerprint density at radius 2 is 1.56 bits per heavy atom. The van der Waals surface area contributed by atoms with E-state index in [2.05, 4.69) is 30.6 Å².